The summed E-state index contributed by atoms with van der Waals surface area (Å²) in [5, 5.41) is 11.8. The summed E-state index contributed by atoms with van der Waals surface area (Å²) in [6.45, 7) is 11.3. The molecule has 204 valence electrons. The molecule has 0 saturated heterocycles. The summed E-state index contributed by atoms with van der Waals surface area (Å²) < 4.78 is 14.6. The molecule has 2 aromatic rings. The van der Waals surface area contributed by atoms with Gasteiger partial charge in [0.2, 0.25) is 5.91 Å². The molecule has 0 bridgehead atoms. The molecule has 38 heavy (non-hydrogen) atoms. The Morgan fingerprint density at radius 1 is 1.11 bits per heavy atom. The molecule has 1 aliphatic rings. The molecule has 0 spiro atoms. The Morgan fingerprint density at radius 3 is 2.37 bits per heavy atom. The van der Waals surface area contributed by atoms with Crippen molar-refractivity contribution in [1.82, 2.24) is 4.90 Å². The minimum Gasteiger partial charge on any atom is -0.340 e. The Hall–Kier alpha value is -3.20. The average Bonchev–Trinajstić information content (AvgIpc) is 3.46. The highest BCUT2D eigenvalue weighted by Gasteiger charge is 2.30. The molecule has 0 aliphatic heterocycles. The number of halogens is 1. The van der Waals surface area contributed by atoms with E-state index >= 15 is 0 Å². The summed E-state index contributed by atoms with van der Waals surface area (Å²) in [6.07, 6.45) is 6.87. The highest BCUT2D eigenvalue weighted by atomic mass is 19.1. The van der Waals surface area contributed by atoms with Crippen LogP contribution in [0.15, 0.2) is 36.4 Å². The SMILES string of the molecule is CCC(C)N(CCC(C)C(C)Cc1cc(F)cc(NC(=O)c2ccc(C#N)cc2)c1C)C(=O)C1CCCC1. The van der Waals surface area contributed by atoms with E-state index in [-0.39, 0.29) is 29.6 Å². The standard InChI is InChI=1S/C32H42FN3O2/c1-6-23(4)36(32(38)27-9-7-8-10-27)16-15-21(2)22(3)17-28-18-29(33)19-30(24(28)5)35-31(37)26-13-11-25(20-34)12-14-26/h11-14,18-19,21-23,27H,6-10,15-17H2,1-5H3,(H,35,37). The highest BCUT2D eigenvalue weighted by molar-refractivity contribution is 6.04. The third-order valence-electron chi connectivity index (χ3n) is 8.45. The lowest BCUT2D eigenvalue weighted by molar-refractivity contribution is -0.137. The lowest BCUT2D eigenvalue weighted by Gasteiger charge is -2.33. The molecule has 0 aromatic heterocycles. The number of amides is 2. The molecule has 6 heteroatoms. The molecule has 1 aliphatic carbocycles. The quantitative estimate of drug-likeness (QED) is 0.339. The Balaban J connectivity index is 1.65. The molecule has 5 nitrogen and oxygen atoms in total. The zero-order chi connectivity index (χ0) is 27.8. The van der Waals surface area contributed by atoms with Crippen LogP contribution in [-0.2, 0) is 11.2 Å². The predicted octanol–water partition coefficient (Wildman–Crippen LogP) is 7.28. The van der Waals surface area contributed by atoms with E-state index in [0.29, 0.717) is 35.1 Å². The number of carbonyl (C=O) groups excluding carboxylic acids is 2. The molecule has 1 N–H and O–H groups in total. The van der Waals surface area contributed by atoms with Gasteiger partial charge in [-0.15, -0.1) is 0 Å². The van der Waals surface area contributed by atoms with Crippen LogP contribution in [0.2, 0.25) is 0 Å². The van der Waals surface area contributed by atoms with Crippen molar-refractivity contribution in [2.45, 2.75) is 85.6 Å². The van der Waals surface area contributed by atoms with Crippen molar-refractivity contribution in [3.8, 4) is 6.07 Å². The van der Waals surface area contributed by atoms with Crippen LogP contribution in [0, 0.1) is 41.8 Å². The van der Waals surface area contributed by atoms with Gasteiger partial charge in [0.05, 0.1) is 11.6 Å². The van der Waals surface area contributed by atoms with E-state index in [1.807, 2.05) is 13.0 Å². The van der Waals surface area contributed by atoms with E-state index in [0.717, 1.165) is 56.2 Å². The van der Waals surface area contributed by atoms with Crippen LogP contribution in [0.25, 0.3) is 0 Å². The first-order chi connectivity index (χ1) is 18.1. The van der Waals surface area contributed by atoms with Gasteiger partial charge in [-0.2, -0.15) is 5.26 Å². The number of benzene rings is 2. The molecule has 3 unspecified atom stereocenters. The number of nitrogens with one attached hydrogen (secondary N) is 1. The van der Waals surface area contributed by atoms with Crippen molar-refractivity contribution in [3.63, 3.8) is 0 Å². The van der Waals surface area contributed by atoms with Gasteiger partial charge >= 0.3 is 0 Å². The number of nitriles is 1. The first kappa shape index (κ1) is 29.4. The molecule has 1 saturated carbocycles. The van der Waals surface area contributed by atoms with Gasteiger partial charge in [0.15, 0.2) is 0 Å². The van der Waals surface area contributed by atoms with Crippen molar-refractivity contribution in [1.29, 1.82) is 5.26 Å². The Kier molecular flexibility index (Phi) is 10.5. The summed E-state index contributed by atoms with van der Waals surface area (Å²) in [5.41, 5.74) is 3.07. The molecule has 2 amide bonds. The number of carbonyl (C=O) groups is 2. The number of anilines is 1. The minimum atomic E-state index is -0.384. The third-order valence-corrected chi connectivity index (χ3v) is 8.45. The van der Waals surface area contributed by atoms with Crippen LogP contribution in [0.3, 0.4) is 0 Å². The fourth-order valence-electron chi connectivity index (χ4n) is 5.32. The summed E-state index contributed by atoms with van der Waals surface area (Å²) >= 11 is 0. The second-order valence-corrected chi connectivity index (χ2v) is 11.1. The summed E-state index contributed by atoms with van der Waals surface area (Å²) in [4.78, 5) is 28.0. The fraction of sp³-hybridized carbons (Fsp3) is 0.531. The van der Waals surface area contributed by atoms with Gasteiger partial charge in [-0.3, -0.25) is 9.59 Å². The van der Waals surface area contributed by atoms with Gasteiger partial charge in [-0.1, -0.05) is 33.6 Å². The second-order valence-electron chi connectivity index (χ2n) is 11.1. The molecule has 3 atom stereocenters. The second kappa shape index (κ2) is 13.6. The maximum absolute atomic E-state index is 14.6. The van der Waals surface area contributed by atoms with Gasteiger partial charge < -0.3 is 10.2 Å². The van der Waals surface area contributed by atoms with Gasteiger partial charge in [-0.05, 0) is 105 Å². The van der Waals surface area contributed by atoms with Crippen LogP contribution in [0.5, 0.6) is 0 Å². The average molecular weight is 520 g/mol. The van der Waals surface area contributed by atoms with Gasteiger partial charge in [0.1, 0.15) is 5.82 Å². The number of nitrogens with zero attached hydrogens (tertiary/aromatic N) is 2. The maximum atomic E-state index is 14.6. The van der Waals surface area contributed by atoms with Gasteiger partial charge in [-0.25, -0.2) is 4.39 Å². The molecule has 3 rings (SSSR count). The molecule has 0 radical (unpaired) electrons. The Bertz CT molecular complexity index is 1150. The van der Waals surface area contributed by atoms with Crippen LogP contribution in [-0.4, -0.2) is 29.3 Å². The fourth-order valence-corrected chi connectivity index (χ4v) is 5.32. The zero-order valence-electron chi connectivity index (χ0n) is 23.5. The van der Waals surface area contributed by atoms with Crippen molar-refractivity contribution in [3.05, 3.63) is 64.5 Å². The van der Waals surface area contributed by atoms with Crippen molar-refractivity contribution >= 4 is 17.5 Å². The molecular weight excluding hydrogens is 477 g/mol. The summed E-state index contributed by atoms with van der Waals surface area (Å²) in [7, 11) is 0. The topological polar surface area (TPSA) is 73.2 Å². The van der Waals surface area contributed by atoms with Crippen molar-refractivity contribution in [2.24, 2.45) is 17.8 Å². The molecule has 1 fully saturated rings. The van der Waals surface area contributed by atoms with Crippen LogP contribution >= 0.6 is 0 Å². The number of hydrogen-bond donors (Lipinski definition) is 1. The smallest absolute Gasteiger partial charge is 0.255 e. The Labute approximate surface area is 227 Å². The normalized spacial score (nSPS) is 15.9. The number of hydrogen-bond acceptors (Lipinski definition) is 3. The largest absolute Gasteiger partial charge is 0.340 e. The Morgan fingerprint density at radius 2 is 1.76 bits per heavy atom. The van der Waals surface area contributed by atoms with Crippen molar-refractivity contribution in [2.75, 3.05) is 11.9 Å². The molecule has 0 heterocycles. The van der Waals surface area contributed by atoms with Gasteiger partial charge in [0.25, 0.3) is 5.91 Å². The monoisotopic (exact) mass is 519 g/mol. The summed E-state index contributed by atoms with van der Waals surface area (Å²) in [6, 6.07) is 11.5. The van der Waals surface area contributed by atoms with Crippen LogP contribution in [0.4, 0.5) is 10.1 Å². The minimum absolute atomic E-state index is 0.185. The van der Waals surface area contributed by atoms with Gasteiger partial charge in [0, 0.05) is 29.8 Å². The molecule has 2 aromatic carbocycles. The van der Waals surface area contributed by atoms with E-state index in [1.165, 1.54) is 6.07 Å². The van der Waals surface area contributed by atoms with Crippen LogP contribution < -0.4 is 5.32 Å². The van der Waals surface area contributed by atoms with E-state index < -0.39 is 0 Å². The van der Waals surface area contributed by atoms with Crippen LogP contribution in [0.1, 0.15) is 93.3 Å². The first-order valence-corrected chi connectivity index (χ1v) is 14.1. The van der Waals surface area contributed by atoms with E-state index in [4.69, 9.17) is 5.26 Å². The zero-order valence-corrected chi connectivity index (χ0v) is 23.5. The lowest BCUT2D eigenvalue weighted by Crippen LogP contribution is -2.42. The maximum Gasteiger partial charge on any atom is 0.255 e. The van der Waals surface area contributed by atoms with Crippen molar-refractivity contribution < 1.29 is 14.0 Å². The first-order valence-electron chi connectivity index (χ1n) is 14.1. The highest BCUT2D eigenvalue weighted by Crippen LogP contribution is 2.30. The van der Waals surface area contributed by atoms with E-state index in [1.54, 1.807) is 30.3 Å². The summed E-state index contributed by atoms with van der Waals surface area (Å²) in [5.74, 6) is 0.401. The number of rotatable bonds is 11. The van der Waals surface area contributed by atoms with E-state index in [9.17, 15) is 14.0 Å². The molecular formula is C32H42FN3O2. The lowest BCUT2D eigenvalue weighted by atomic mass is 9.85. The third kappa shape index (κ3) is 7.43. The van der Waals surface area contributed by atoms with E-state index in [2.05, 4.69) is 37.9 Å². The predicted molar refractivity (Wildman–Crippen MR) is 150 cm³/mol.